The first kappa shape index (κ1) is 36.8. The van der Waals surface area contributed by atoms with E-state index in [1.165, 1.54) is 0 Å². The summed E-state index contributed by atoms with van der Waals surface area (Å²) in [6.07, 6.45) is -0.595. The Morgan fingerprint density at radius 2 is 0.750 bits per heavy atom. The van der Waals surface area contributed by atoms with Gasteiger partial charge in [-0.05, 0) is 77.2 Å². The van der Waals surface area contributed by atoms with Crippen LogP contribution in [-0.4, -0.2) is 60.6 Å². The Hall–Kier alpha value is -4.04. The van der Waals surface area contributed by atoms with Gasteiger partial charge in [0.25, 0.3) is 0 Å². The van der Waals surface area contributed by atoms with Crippen LogP contribution in [0, 0.1) is 5.92 Å². The van der Waals surface area contributed by atoms with Crippen LogP contribution in [-0.2, 0) is 10.8 Å². The van der Waals surface area contributed by atoms with Crippen molar-refractivity contribution < 1.29 is 34.3 Å². The second-order valence-electron chi connectivity index (χ2n) is 13.6. The van der Waals surface area contributed by atoms with Gasteiger partial charge < -0.3 is 34.3 Å². The predicted octanol–water partition coefficient (Wildman–Crippen LogP) is 7.31. The van der Waals surface area contributed by atoms with Crippen LogP contribution in [0.3, 0.4) is 0 Å². The summed E-state index contributed by atoms with van der Waals surface area (Å²) in [6, 6.07) is 32.0. The van der Waals surface area contributed by atoms with Gasteiger partial charge in [0.1, 0.15) is 48.9 Å². The Labute approximate surface area is 286 Å². The largest absolute Gasteiger partial charge is 0.493 e. The van der Waals surface area contributed by atoms with Crippen molar-refractivity contribution >= 4 is 0 Å². The van der Waals surface area contributed by atoms with Crippen molar-refractivity contribution in [3.63, 3.8) is 0 Å². The summed E-state index contributed by atoms with van der Waals surface area (Å²) in [6.45, 7) is 13.7. The molecule has 0 saturated heterocycles. The Balaban J connectivity index is 1.24. The molecule has 0 amide bonds. The third-order valence-corrected chi connectivity index (χ3v) is 8.95. The van der Waals surface area contributed by atoms with Crippen LogP contribution in [0.2, 0.25) is 0 Å². The second kappa shape index (κ2) is 16.9. The number of rotatable bonds is 18. The molecule has 0 aliphatic heterocycles. The van der Waals surface area contributed by atoms with Crippen molar-refractivity contribution in [2.75, 3.05) is 33.0 Å². The number of aliphatic hydroxyl groups excluding tert-OH is 3. The van der Waals surface area contributed by atoms with E-state index >= 15 is 0 Å². The van der Waals surface area contributed by atoms with E-state index in [4.69, 9.17) is 18.9 Å². The number of ether oxygens (including phenoxy) is 4. The SMILES string of the molecule is CCC(O)COc1ccc(C(C)(C)c2ccc(OCC(O)COc3ccc(C(C)(C)c4ccc(OCC(C)CO)cc4)cc3)cc2)cc1. The zero-order valence-corrected chi connectivity index (χ0v) is 29.2. The van der Waals surface area contributed by atoms with Crippen LogP contribution in [0.4, 0.5) is 0 Å². The van der Waals surface area contributed by atoms with Crippen LogP contribution in [0.5, 0.6) is 23.0 Å². The molecule has 0 fully saturated rings. The average molecular weight is 657 g/mol. The van der Waals surface area contributed by atoms with E-state index < -0.39 is 12.2 Å². The van der Waals surface area contributed by atoms with Gasteiger partial charge >= 0.3 is 0 Å². The van der Waals surface area contributed by atoms with Crippen LogP contribution < -0.4 is 18.9 Å². The van der Waals surface area contributed by atoms with E-state index in [0.717, 1.165) is 33.8 Å². The molecule has 0 radical (unpaired) electrons. The van der Waals surface area contributed by atoms with E-state index in [1.54, 1.807) is 0 Å². The normalized spacial score (nSPS) is 13.8. The summed E-state index contributed by atoms with van der Waals surface area (Å²) in [5.74, 6) is 2.98. The molecular weight excluding hydrogens is 604 g/mol. The monoisotopic (exact) mass is 656 g/mol. The van der Waals surface area contributed by atoms with Gasteiger partial charge in [-0.15, -0.1) is 0 Å². The average Bonchev–Trinajstić information content (AvgIpc) is 3.11. The second-order valence-corrected chi connectivity index (χ2v) is 13.6. The van der Waals surface area contributed by atoms with E-state index in [9.17, 15) is 15.3 Å². The zero-order valence-electron chi connectivity index (χ0n) is 29.2. The molecule has 0 heterocycles. The summed E-state index contributed by atoms with van der Waals surface area (Å²) in [7, 11) is 0. The molecule has 3 N–H and O–H groups in total. The van der Waals surface area contributed by atoms with Crippen molar-refractivity contribution in [3.8, 4) is 23.0 Å². The molecule has 0 aliphatic carbocycles. The van der Waals surface area contributed by atoms with Crippen molar-refractivity contribution in [1.82, 2.24) is 0 Å². The highest BCUT2D eigenvalue weighted by atomic mass is 16.5. The van der Waals surface area contributed by atoms with Crippen molar-refractivity contribution in [2.24, 2.45) is 5.92 Å². The highest BCUT2D eigenvalue weighted by Gasteiger charge is 2.24. The Kier molecular flexibility index (Phi) is 12.9. The maximum Gasteiger partial charge on any atom is 0.122 e. The van der Waals surface area contributed by atoms with Gasteiger partial charge in [0, 0.05) is 23.4 Å². The first-order valence-electron chi connectivity index (χ1n) is 16.8. The van der Waals surface area contributed by atoms with E-state index in [2.05, 4.69) is 64.1 Å². The van der Waals surface area contributed by atoms with Crippen LogP contribution in [0.1, 0.15) is 70.2 Å². The fourth-order valence-corrected chi connectivity index (χ4v) is 5.24. The minimum Gasteiger partial charge on any atom is -0.493 e. The molecule has 48 heavy (non-hydrogen) atoms. The summed E-state index contributed by atoms with van der Waals surface area (Å²) in [5.41, 5.74) is 4.11. The molecule has 0 aromatic heterocycles. The van der Waals surface area contributed by atoms with Gasteiger partial charge in [-0.2, -0.15) is 0 Å². The van der Waals surface area contributed by atoms with E-state index in [1.807, 2.05) is 74.5 Å². The lowest BCUT2D eigenvalue weighted by molar-refractivity contribution is 0.0626. The molecule has 4 aromatic rings. The summed E-state index contributed by atoms with van der Waals surface area (Å²) >= 11 is 0. The molecule has 258 valence electrons. The molecule has 4 aromatic carbocycles. The van der Waals surface area contributed by atoms with Gasteiger partial charge in [0.05, 0.1) is 12.7 Å². The third kappa shape index (κ3) is 9.99. The molecule has 3 atom stereocenters. The summed E-state index contributed by atoms with van der Waals surface area (Å²) in [5, 5.41) is 29.5. The van der Waals surface area contributed by atoms with Crippen molar-refractivity contribution in [1.29, 1.82) is 0 Å². The maximum atomic E-state index is 10.6. The minimum atomic E-state index is -0.794. The molecule has 0 saturated carbocycles. The highest BCUT2D eigenvalue weighted by molar-refractivity contribution is 5.43. The van der Waals surface area contributed by atoms with Crippen molar-refractivity contribution in [3.05, 3.63) is 119 Å². The quantitative estimate of drug-likeness (QED) is 0.103. The smallest absolute Gasteiger partial charge is 0.122 e. The van der Waals surface area contributed by atoms with E-state index in [-0.39, 0.29) is 43.2 Å². The van der Waals surface area contributed by atoms with Gasteiger partial charge in [-0.25, -0.2) is 0 Å². The predicted molar refractivity (Wildman–Crippen MR) is 191 cm³/mol. The number of hydrogen-bond acceptors (Lipinski definition) is 7. The van der Waals surface area contributed by atoms with Gasteiger partial charge in [0.2, 0.25) is 0 Å². The Morgan fingerprint density at radius 3 is 1.02 bits per heavy atom. The molecule has 0 spiro atoms. The molecule has 3 unspecified atom stereocenters. The Bertz CT molecular complexity index is 1390. The van der Waals surface area contributed by atoms with Gasteiger partial charge in [-0.1, -0.05) is 90.1 Å². The molecule has 7 heteroatoms. The van der Waals surface area contributed by atoms with Gasteiger partial charge in [0.15, 0.2) is 0 Å². The fraction of sp³-hybridized carbons (Fsp3) is 0.415. The molecular formula is C41H52O7. The molecule has 4 rings (SSSR count). The van der Waals surface area contributed by atoms with Crippen LogP contribution >= 0.6 is 0 Å². The van der Waals surface area contributed by atoms with Crippen LogP contribution in [0.25, 0.3) is 0 Å². The fourth-order valence-electron chi connectivity index (χ4n) is 5.24. The number of hydrogen-bond donors (Lipinski definition) is 3. The lowest BCUT2D eigenvalue weighted by Gasteiger charge is -2.27. The highest BCUT2D eigenvalue weighted by Crippen LogP contribution is 2.35. The summed E-state index contributed by atoms with van der Waals surface area (Å²) in [4.78, 5) is 0. The maximum absolute atomic E-state index is 10.6. The van der Waals surface area contributed by atoms with Gasteiger partial charge in [-0.3, -0.25) is 0 Å². The lowest BCUT2D eigenvalue weighted by atomic mass is 9.78. The van der Waals surface area contributed by atoms with E-state index in [0.29, 0.717) is 24.5 Å². The zero-order chi connectivity index (χ0) is 34.7. The lowest BCUT2D eigenvalue weighted by Crippen LogP contribution is -2.25. The third-order valence-electron chi connectivity index (χ3n) is 8.95. The van der Waals surface area contributed by atoms with Crippen molar-refractivity contribution in [2.45, 2.75) is 71.0 Å². The van der Waals surface area contributed by atoms with Crippen LogP contribution in [0.15, 0.2) is 97.1 Å². The standard InChI is InChI=1S/C41H52O7/c1-7-34(43)26-46-37-18-10-31(11-19-37)41(5,6)33-14-22-39(23-15-33)48-28-35(44)27-47-38-20-12-32(13-21-38)40(3,4)30-8-16-36(17-9-30)45-25-29(2)24-42/h8-23,29,34-35,42-44H,7,24-28H2,1-6H3. The molecule has 0 aliphatic rings. The summed E-state index contributed by atoms with van der Waals surface area (Å²) < 4.78 is 23.2. The number of benzene rings is 4. The molecule has 0 bridgehead atoms. The first-order chi connectivity index (χ1) is 22.9. The Morgan fingerprint density at radius 1 is 0.479 bits per heavy atom. The number of aliphatic hydroxyl groups is 3. The molecule has 7 nitrogen and oxygen atoms in total. The topological polar surface area (TPSA) is 97.6 Å². The minimum absolute atomic E-state index is 0.0941. The first-order valence-corrected chi connectivity index (χ1v) is 16.8.